The second kappa shape index (κ2) is 12.2. The molecule has 12 rings (SSSR count). The van der Waals surface area contributed by atoms with E-state index in [0.29, 0.717) is 0 Å². The Morgan fingerprint density at radius 1 is 0.446 bits per heavy atom. The van der Waals surface area contributed by atoms with Crippen LogP contribution in [0.5, 0.6) is 0 Å². The van der Waals surface area contributed by atoms with Crippen molar-refractivity contribution < 1.29 is 4.42 Å². The number of thiophene rings is 1. The molecule has 3 nitrogen and oxygen atoms in total. The molecule has 0 saturated heterocycles. The number of nitrogens with zero attached hydrogens (tertiary/aromatic N) is 2. The molecule has 0 spiro atoms. The number of rotatable bonds is 5. The summed E-state index contributed by atoms with van der Waals surface area (Å²) < 4.78 is 11.7. The summed E-state index contributed by atoms with van der Waals surface area (Å²) in [4.78, 5) is 2.44. The fraction of sp³-hybridized carbons (Fsp3) is 0. The highest BCUT2D eigenvalue weighted by Crippen LogP contribution is 2.50. The fourth-order valence-electron chi connectivity index (χ4n) is 8.99. The molecule has 0 saturated carbocycles. The molecule has 3 aromatic heterocycles. The summed E-state index contributed by atoms with van der Waals surface area (Å²) in [6.07, 6.45) is 0. The van der Waals surface area contributed by atoms with Crippen LogP contribution in [-0.2, 0) is 0 Å². The first kappa shape index (κ1) is 31.2. The first-order chi connectivity index (χ1) is 27.8. The molecule has 3 heterocycles. The smallest absolute Gasteiger partial charge is 0.138 e. The van der Waals surface area contributed by atoms with Gasteiger partial charge in [0, 0.05) is 65.7 Å². The van der Waals surface area contributed by atoms with Crippen LogP contribution in [0.25, 0.3) is 91.5 Å². The lowest BCUT2D eigenvalue weighted by atomic mass is 9.91. The van der Waals surface area contributed by atoms with E-state index in [1.54, 1.807) is 0 Å². The number of hydrogen-bond acceptors (Lipinski definition) is 3. The van der Waals surface area contributed by atoms with Crippen LogP contribution in [0.4, 0.5) is 17.1 Å². The van der Waals surface area contributed by atoms with Crippen molar-refractivity contribution >= 4 is 103 Å². The van der Waals surface area contributed by atoms with Gasteiger partial charge < -0.3 is 13.9 Å². The lowest BCUT2D eigenvalue weighted by Gasteiger charge is -2.26. The minimum Gasteiger partial charge on any atom is -0.456 e. The van der Waals surface area contributed by atoms with Crippen molar-refractivity contribution in [3.8, 4) is 16.8 Å². The molecule has 0 radical (unpaired) electrons. The highest BCUT2D eigenvalue weighted by molar-refractivity contribution is 7.26. The van der Waals surface area contributed by atoms with Gasteiger partial charge in [0.15, 0.2) is 0 Å². The summed E-state index contributed by atoms with van der Waals surface area (Å²) in [5, 5.41) is 9.63. The van der Waals surface area contributed by atoms with Crippen LogP contribution in [0.1, 0.15) is 0 Å². The van der Waals surface area contributed by atoms with Gasteiger partial charge in [-0.05, 0) is 77.0 Å². The van der Waals surface area contributed by atoms with Crippen LogP contribution in [-0.4, -0.2) is 4.57 Å². The summed E-state index contributed by atoms with van der Waals surface area (Å²) in [7, 11) is 0. The Hall–Kier alpha value is -7.14. The van der Waals surface area contributed by atoms with Gasteiger partial charge in [-0.2, -0.15) is 0 Å². The van der Waals surface area contributed by atoms with E-state index in [9.17, 15) is 0 Å². The molecule has 262 valence electrons. The van der Waals surface area contributed by atoms with Crippen molar-refractivity contribution in [2.45, 2.75) is 0 Å². The van der Waals surface area contributed by atoms with Crippen LogP contribution >= 0.6 is 11.3 Å². The second-order valence-electron chi connectivity index (χ2n) is 14.4. The number of para-hydroxylation sites is 3. The van der Waals surface area contributed by atoms with Crippen LogP contribution in [0.3, 0.4) is 0 Å². The van der Waals surface area contributed by atoms with Crippen LogP contribution in [0, 0.1) is 0 Å². The molecule has 0 unspecified atom stereocenters. The zero-order valence-electron chi connectivity index (χ0n) is 30.2. The predicted octanol–water partition coefficient (Wildman–Crippen LogP) is 15.3. The van der Waals surface area contributed by atoms with E-state index in [1.165, 1.54) is 58.5 Å². The highest BCUT2D eigenvalue weighted by atomic mass is 32.1. The number of hydrogen-bond donors (Lipinski definition) is 0. The average Bonchev–Trinajstić information content (AvgIpc) is 3.93. The molecule has 0 N–H and O–H groups in total. The maximum Gasteiger partial charge on any atom is 0.138 e. The Morgan fingerprint density at radius 2 is 1.14 bits per heavy atom. The van der Waals surface area contributed by atoms with Crippen molar-refractivity contribution in [2.75, 3.05) is 4.90 Å². The molecular weight excluding hydrogens is 701 g/mol. The van der Waals surface area contributed by atoms with Gasteiger partial charge in [0.1, 0.15) is 11.2 Å². The summed E-state index contributed by atoms with van der Waals surface area (Å²) in [6.45, 7) is 0. The van der Waals surface area contributed by atoms with Gasteiger partial charge in [0.05, 0.1) is 21.4 Å². The lowest BCUT2D eigenvalue weighted by Crippen LogP contribution is -2.10. The summed E-state index contributed by atoms with van der Waals surface area (Å²) in [6, 6.07) is 70.1. The minimum absolute atomic E-state index is 0.879. The largest absolute Gasteiger partial charge is 0.456 e. The Bertz CT molecular complexity index is 3480. The quantitative estimate of drug-likeness (QED) is 0.176. The van der Waals surface area contributed by atoms with Crippen LogP contribution in [0.15, 0.2) is 199 Å². The van der Waals surface area contributed by atoms with Gasteiger partial charge in [-0.1, -0.05) is 127 Å². The molecule has 12 aromatic rings. The number of furan rings is 1. The van der Waals surface area contributed by atoms with E-state index in [4.69, 9.17) is 4.42 Å². The van der Waals surface area contributed by atoms with Crippen molar-refractivity contribution in [1.29, 1.82) is 0 Å². The first-order valence-corrected chi connectivity index (χ1v) is 19.8. The van der Waals surface area contributed by atoms with Crippen LogP contribution in [0.2, 0.25) is 0 Å². The van der Waals surface area contributed by atoms with Gasteiger partial charge in [-0.15, -0.1) is 11.3 Å². The molecule has 0 aliphatic heterocycles. The van der Waals surface area contributed by atoms with Gasteiger partial charge in [0.25, 0.3) is 0 Å². The van der Waals surface area contributed by atoms with E-state index in [-0.39, 0.29) is 0 Å². The summed E-state index contributed by atoms with van der Waals surface area (Å²) in [5.41, 5.74) is 10.9. The number of fused-ring (bicyclic) bond motifs is 10. The van der Waals surface area contributed by atoms with Gasteiger partial charge in [-0.3, -0.25) is 0 Å². The summed E-state index contributed by atoms with van der Waals surface area (Å²) >= 11 is 1.86. The van der Waals surface area contributed by atoms with E-state index in [0.717, 1.165) is 50.0 Å². The molecule has 0 aliphatic rings. The molecule has 9 aromatic carbocycles. The fourth-order valence-corrected chi connectivity index (χ4v) is 10.2. The second-order valence-corrected chi connectivity index (χ2v) is 15.5. The average molecular weight is 733 g/mol. The van der Waals surface area contributed by atoms with Crippen LogP contribution < -0.4 is 4.90 Å². The Labute approximate surface area is 326 Å². The number of benzene rings is 9. The number of anilines is 3. The monoisotopic (exact) mass is 732 g/mol. The standard InChI is InChI=1S/C52H32N2OS/c1-3-17-34(18-4-1)53(44-26-14-25-40-38-22-10-12-28-48(38)56-52(40)44)36-29-30-43-42(31-36)49-45(54(43)35-19-5-2-6-20-35)32-47-50(41-23-9-11-27-46(41)55-47)51(49)39-24-13-16-33-15-7-8-21-37(33)39/h1-32H. The SMILES string of the molecule is c1ccc(N(c2ccc3c(c2)c2c(-c4cccc5ccccc45)c4c(cc2n3-c2ccccc2)oc2ccccc24)c2cccc3c2sc2ccccc23)cc1. The van der Waals surface area contributed by atoms with E-state index >= 15 is 0 Å². The Kier molecular flexibility index (Phi) is 6.80. The molecule has 0 bridgehead atoms. The molecule has 0 atom stereocenters. The molecule has 4 heteroatoms. The van der Waals surface area contributed by atoms with Crippen molar-refractivity contribution in [1.82, 2.24) is 4.57 Å². The molecule has 0 aliphatic carbocycles. The third kappa shape index (κ3) is 4.57. The van der Waals surface area contributed by atoms with Crippen molar-refractivity contribution in [2.24, 2.45) is 0 Å². The molecule has 56 heavy (non-hydrogen) atoms. The van der Waals surface area contributed by atoms with E-state index in [2.05, 4.69) is 204 Å². The van der Waals surface area contributed by atoms with Gasteiger partial charge >= 0.3 is 0 Å². The van der Waals surface area contributed by atoms with Crippen molar-refractivity contribution in [3.05, 3.63) is 194 Å². The minimum atomic E-state index is 0.879. The first-order valence-electron chi connectivity index (χ1n) is 19.0. The lowest BCUT2D eigenvalue weighted by molar-refractivity contribution is 0.669. The molecule has 0 amide bonds. The third-order valence-corrected chi connectivity index (χ3v) is 12.6. The molecule has 0 fully saturated rings. The summed E-state index contributed by atoms with van der Waals surface area (Å²) in [5.74, 6) is 0. The van der Waals surface area contributed by atoms with Gasteiger partial charge in [0.2, 0.25) is 0 Å². The third-order valence-electron chi connectivity index (χ3n) is 11.3. The topological polar surface area (TPSA) is 21.3 Å². The highest BCUT2D eigenvalue weighted by Gasteiger charge is 2.25. The zero-order valence-corrected chi connectivity index (χ0v) is 31.0. The van der Waals surface area contributed by atoms with E-state index < -0.39 is 0 Å². The van der Waals surface area contributed by atoms with Gasteiger partial charge in [-0.25, -0.2) is 0 Å². The zero-order chi connectivity index (χ0) is 36.7. The van der Waals surface area contributed by atoms with E-state index in [1.807, 2.05) is 11.3 Å². The normalized spacial score (nSPS) is 11.9. The van der Waals surface area contributed by atoms with Crippen molar-refractivity contribution in [3.63, 3.8) is 0 Å². The molecular formula is C52H32N2OS. The maximum absolute atomic E-state index is 6.74. The predicted molar refractivity (Wildman–Crippen MR) is 239 cm³/mol. The Morgan fingerprint density at radius 3 is 2.02 bits per heavy atom. The maximum atomic E-state index is 6.74. The number of aromatic nitrogens is 1. The Balaban J connectivity index is 1.25.